The molecule has 1 saturated carbocycles. The molecule has 0 amide bonds. The van der Waals surface area contributed by atoms with E-state index >= 15 is 0 Å². The molecule has 0 saturated heterocycles. The Morgan fingerprint density at radius 3 is 2.62 bits per heavy atom. The van der Waals surface area contributed by atoms with Crippen LogP contribution in [0.1, 0.15) is 61.1 Å². The number of hydrogen-bond donors (Lipinski definition) is 2. The van der Waals surface area contributed by atoms with Gasteiger partial charge < -0.3 is 19.9 Å². The van der Waals surface area contributed by atoms with Crippen molar-refractivity contribution in [1.82, 2.24) is 5.32 Å². The first-order valence-electron chi connectivity index (χ1n) is 11.1. The Hall–Kier alpha value is -1.88. The molecule has 2 unspecified atom stereocenters. The van der Waals surface area contributed by atoms with E-state index in [-0.39, 0.29) is 0 Å². The first kappa shape index (κ1) is 20.4. The molecule has 29 heavy (non-hydrogen) atoms. The number of benzene rings is 2. The average Bonchev–Trinajstić information content (AvgIpc) is 2.93. The predicted octanol–water partition coefficient (Wildman–Crippen LogP) is 4.40. The molecule has 0 spiro atoms. The van der Waals surface area contributed by atoms with Crippen LogP contribution in [0.4, 0.5) is 0 Å². The van der Waals surface area contributed by atoms with E-state index in [1.807, 2.05) is 6.07 Å². The molecule has 2 N–H and O–H groups in total. The Labute approximate surface area is 174 Å². The molecule has 4 rings (SSSR count). The van der Waals surface area contributed by atoms with Gasteiger partial charge in [-0.15, -0.1) is 0 Å². The van der Waals surface area contributed by atoms with Crippen LogP contribution in [-0.2, 0) is 11.3 Å². The zero-order valence-electron chi connectivity index (χ0n) is 17.2. The number of para-hydroxylation sites is 1. The predicted molar refractivity (Wildman–Crippen MR) is 115 cm³/mol. The summed E-state index contributed by atoms with van der Waals surface area (Å²) in [6.45, 7) is 2.46. The summed E-state index contributed by atoms with van der Waals surface area (Å²) in [5, 5.41) is 13.7. The van der Waals surface area contributed by atoms with Crippen molar-refractivity contribution in [3.05, 3.63) is 65.2 Å². The van der Waals surface area contributed by atoms with Crippen LogP contribution in [0.5, 0.6) is 5.75 Å². The van der Waals surface area contributed by atoms with E-state index in [2.05, 4.69) is 47.8 Å². The van der Waals surface area contributed by atoms with Crippen LogP contribution in [-0.4, -0.2) is 37.0 Å². The molecule has 2 aromatic carbocycles. The Balaban J connectivity index is 1.30. The van der Waals surface area contributed by atoms with E-state index < -0.39 is 6.10 Å². The molecule has 1 heterocycles. The van der Waals surface area contributed by atoms with Crippen LogP contribution in [0, 0.1) is 0 Å². The normalized spacial score (nSPS) is 20.2. The fourth-order valence-corrected chi connectivity index (χ4v) is 4.59. The summed E-state index contributed by atoms with van der Waals surface area (Å²) in [6.07, 6.45) is 6.98. The highest BCUT2D eigenvalue weighted by Crippen LogP contribution is 2.38. The fourth-order valence-electron chi connectivity index (χ4n) is 4.59. The molecule has 156 valence electrons. The molecular weight excluding hydrogens is 362 g/mol. The number of aliphatic hydroxyl groups is 1. The lowest BCUT2D eigenvalue weighted by Gasteiger charge is -2.24. The van der Waals surface area contributed by atoms with Gasteiger partial charge in [0.15, 0.2) is 0 Å². The van der Waals surface area contributed by atoms with Crippen molar-refractivity contribution in [2.45, 2.75) is 63.3 Å². The van der Waals surface area contributed by atoms with Crippen LogP contribution < -0.4 is 10.1 Å². The molecule has 0 aromatic heterocycles. The van der Waals surface area contributed by atoms with Crippen LogP contribution >= 0.6 is 0 Å². The third-order valence-electron chi connectivity index (χ3n) is 6.17. The quantitative estimate of drug-likeness (QED) is 0.651. The highest BCUT2D eigenvalue weighted by molar-refractivity contribution is 5.46. The summed E-state index contributed by atoms with van der Waals surface area (Å²) in [6, 6.07) is 16.9. The molecule has 2 aromatic rings. The van der Waals surface area contributed by atoms with Crippen molar-refractivity contribution in [3.8, 4) is 5.75 Å². The van der Waals surface area contributed by atoms with Crippen molar-refractivity contribution in [3.63, 3.8) is 0 Å². The van der Waals surface area contributed by atoms with Gasteiger partial charge in [0, 0.05) is 18.0 Å². The van der Waals surface area contributed by atoms with Crippen LogP contribution in [0.2, 0.25) is 0 Å². The van der Waals surface area contributed by atoms with E-state index in [4.69, 9.17) is 9.47 Å². The lowest BCUT2D eigenvalue weighted by Crippen LogP contribution is -2.33. The van der Waals surface area contributed by atoms with Gasteiger partial charge >= 0.3 is 0 Å². The molecule has 1 aliphatic carbocycles. The van der Waals surface area contributed by atoms with Crippen molar-refractivity contribution in [2.24, 2.45) is 0 Å². The SMILES string of the molecule is OC(CNCCC1c2ccccc2COc2ccccc21)COC1CCCCC1. The highest BCUT2D eigenvalue weighted by Gasteiger charge is 2.24. The second kappa shape index (κ2) is 10.2. The van der Waals surface area contributed by atoms with Crippen molar-refractivity contribution >= 4 is 0 Å². The monoisotopic (exact) mass is 395 g/mol. The summed E-state index contributed by atoms with van der Waals surface area (Å²) in [7, 11) is 0. The minimum atomic E-state index is -0.450. The second-order valence-corrected chi connectivity index (χ2v) is 8.32. The van der Waals surface area contributed by atoms with Crippen molar-refractivity contribution < 1.29 is 14.6 Å². The smallest absolute Gasteiger partial charge is 0.123 e. The number of aliphatic hydroxyl groups excluding tert-OH is 1. The molecule has 1 aliphatic heterocycles. The number of fused-ring (bicyclic) bond motifs is 2. The maximum Gasteiger partial charge on any atom is 0.123 e. The Bertz CT molecular complexity index is 725. The fraction of sp³-hybridized carbons (Fsp3) is 0.520. The van der Waals surface area contributed by atoms with Gasteiger partial charge in [0.25, 0.3) is 0 Å². The second-order valence-electron chi connectivity index (χ2n) is 8.32. The minimum absolute atomic E-state index is 0.299. The van der Waals surface area contributed by atoms with Gasteiger partial charge in [-0.1, -0.05) is 61.7 Å². The molecule has 4 nitrogen and oxygen atoms in total. The van der Waals surface area contributed by atoms with Gasteiger partial charge in [-0.25, -0.2) is 0 Å². The molecular formula is C25H33NO3. The third kappa shape index (κ3) is 5.39. The van der Waals surface area contributed by atoms with Crippen molar-refractivity contribution in [2.75, 3.05) is 19.7 Å². The first-order chi connectivity index (χ1) is 14.3. The first-order valence-corrected chi connectivity index (χ1v) is 11.1. The van der Waals surface area contributed by atoms with E-state index in [1.165, 1.54) is 36.0 Å². The number of ether oxygens (including phenoxy) is 2. The summed E-state index contributed by atoms with van der Waals surface area (Å²) < 4.78 is 12.0. The Kier molecular flexibility index (Phi) is 7.20. The molecule has 2 aliphatic rings. The van der Waals surface area contributed by atoms with Gasteiger partial charge in [0.1, 0.15) is 12.4 Å². The topological polar surface area (TPSA) is 50.7 Å². The summed E-state index contributed by atoms with van der Waals surface area (Å²) in [4.78, 5) is 0. The van der Waals surface area contributed by atoms with E-state index in [1.54, 1.807) is 0 Å². The minimum Gasteiger partial charge on any atom is -0.489 e. The zero-order valence-corrected chi connectivity index (χ0v) is 17.2. The van der Waals surface area contributed by atoms with Gasteiger partial charge in [-0.3, -0.25) is 0 Å². The number of hydrogen-bond acceptors (Lipinski definition) is 4. The highest BCUT2D eigenvalue weighted by atomic mass is 16.5. The lowest BCUT2D eigenvalue weighted by atomic mass is 9.86. The van der Waals surface area contributed by atoms with E-state index in [0.29, 0.717) is 31.8 Å². The van der Waals surface area contributed by atoms with E-state index in [0.717, 1.165) is 31.6 Å². The third-order valence-corrected chi connectivity index (χ3v) is 6.17. The molecule has 0 bridgehead atoms. The summed E-state index contributed by atoms with van der Waals surface area (Å²) in [5.41, 5.74) is 3.86. The zero-order chi connectivity index (χ0) is 19.9. The van der Waals surface area contributed by atoms with Crippen LogP contribution in [0.15, 0.2) is 48.5 Å². The van der Waals surface area contributed by atoms with Gasteiger partial charge in [0.2, 0.25) is 0 Å². The standard InChI is InChI=1S/C25H33NO3/c27-20(18-28-21-9-2-1-3-10-21)16-26-15-14-23-22-11-5-4-8-19(22)17-29-25-13-7-6-12-24(23)25/h4-8,11-13,20-21,23,26-27H,1-3,9-10,14-18H2. The van der Waals surface area contributed by atoms with Crippen molar-refractivity contribution in [1.29, 1.82) is 0 Å². The molecule has 1 fully saturated rings. The average molecular weight is 396 g/mol. The number of rotatable bonds is 8. The molecule has 0 radical (unpaired) electrons. The van der Waals surface area contributed by atoms with Gasteiger partial charge in [-0.05, 0) is 43.0 Å². The largest absolute Gasteiger partial charge is 0.489 e. The maximum absolute atomic E-state index is 10.3. The molecule has 4 heteroatoms. The Morgan fingerprint density at radius 2 is 1.76 bits per heavy atom. The summed E-state index contributed by atoms with van der Waals surface area (Å²) in [5.74, 6) is 1.28. The molecule has 2 atom stereocenters. The Morgan fingerprint density at radius 1 is 1.00 bits per heavy atom. The summed E-state index contributed by atoms with van der Waals surface area (Å²) >= 11 is 0. The van der Waals surface area contributed by atoms with Crippen LogP contribution in [0.25, 0.3) is 0 Å². The maximum atomic E-state index is 10.3. The number of nitrogens with one attached hydrogen (secondary N) is 1. The van der Waals surface area contributed by atoms with Gasteiger partial charge in [0.05, 0.1) is 18.8 Å². The van der Waals surface area contributed by atoms with Crippen LogP contribution in [0.3, 0.4) is 0 Å². The lowest BCUT2D eigenvalue weighted by molar-refractivity contribution is -0.0229. The van der Waals surface area contributed by atoms with Gasteiger partial charge in [-0.2, -0.15) is 0 Å². The van der Waals surface area contributed by atoms with E-state index in [9.17, 15) is 5.11 Å².